The minimum atomic E-state index is -3.86. The van der Waals surface area contributed by atoms with Crippen molar-refractivity contribution in [3.05, 3.63) is 69.2 Å². The number of hydrogen-bond donors (Lipinski definition) is 1. The highest BCUT2D eigenvalue weighted by Crippen LogP contribution is 2.25. The van der Waals surface area contributed by atoms with E-state index >= 15 is 0 Å². The number of hydrogen-bond acceptors (Lipinski definition) is 5. The van der Waals surface area contributed by atoms with Gasteiger partial charge < -0.3 is 5.32 Å². The molecule has 0 heterocycles. The number of benzene rings is 2. The number of halogens is 1. The molecule has 0 aliphatic carbocycles. The minimum Gasteiger partial charge on any atom is -0.350 e. The first-order chi connectivity index (χ1) is 12.6. The van der Waals surface area contributed by atoms with E-state index in [1.807, 2.05) is 0 Å². The summed E-state index contributed by atoms with van der Waals surface area (Å²) in [6, 6.07) is 10.9. The Labute approximate surface area is 162 Å². The van der Waals surface area contributed by atoms with Gasteiger partial charge in [-0.25, -0.2) is 8.42 Å². The van der Waals surface area contributed by atoms with Gasteiger partial charge in [-0.3, -0.25) is 19.2 Å². The molecule has 0 unspecified atom stereocenters. The van der Waals surface area contributed by atoms with E-state index in [9.17, 15) is 23.3 Å². The summed E-state index contributed by atoms with van der Waals surface area (Å²) in [7, 11) is -3.86. The average molecular weight is 412 g/mol. The second-order valence-corrected chi connectivity index (χ2v) is 8.15. The van der Waals surface area contributed by atoms with Crippen LogP contribution in [0.2, 0.25) is 5.02 Å². The molecule has 10 heteroatoms. The van der Waals surface area contributed by atoms with Gasteiger partial charge in [-0.1, -0.05) is 29.8 Å². The van der Waals surface area contributed by atoms with Crippen molar-refractivity contribution in [1.82, 2.24) is 5.32 Å². The van der Waals surface area contributed by atoms with Crippen molar-refractivity contribution in [3.8, 4) is 0 Å². The molecule has 144 valence electrons. The van der Waals surface area contributed by atoms with E-state index in [2.05, 4.69) is 5.32 Å². The molecule has 27 heavy (non-hydrogen) atoms. The lowest BCUT2D eigenvalue weighted by Crippen LogP contribution is -2.47. The van der Waals surface area contributed by atoms with Crippen molar-refractivity contribution in [1.29, 1.82) is 0 Å². The number of nitrogens with zero attached hydrogens (tertiary/aromatic N) is 2. The second kappa shape index (κ2) is 8.36. The van der Waals surface area contributed by atoms with E-state index in [1.165, 1.54) is 25.1 Å². The summed E-state index contributed by atoms with van der Waals surface area (Å²) in [5.74, 6) is -0.540. The number of nitrogens with one attached hydrogen (secondary N) is 1. The first-order valence-corrected chi connectivity index (χ1v) is 10.1. The van der Waals surface area contributed by atoms with Gasteiger partial charge in [-0.05, 0) is 30.7 Å². The molecule has 0 spiro atoms. The highest BCUT2D eigenvalue weighted by molar-refractivity contribution is 7.92. The molecule has 0 saturated carbocycles. The lowest BCUT2D eigenvalue weighted by molar-refractivity contribution is -0.384. The van der Waals surface area contributed by atoms with E-state index in [0.717, 1.165) is 22.2 Å². The number of nitro benzene ring substituents is 1. The van der Waals surface area contributed by atoms with Crippen molar-refractivity contribution in [2.45, 2.75) is 19.5 Å². The lowest BCUT2D eigenvalue weighted by atomic mass is 10.2. The molecule has 0 fully saturated rings. The largest absolute Gasteiger partial charge is 0.350 e. The molecule has 0 bridgehead atoms. The molecular weight excluding hydrogens is 394 g/mol. The lowest BCUT2D eigenvalue weighted by Gasteiger charge is -2.28. The molecule has 0 aliphatic rings. The van der Waals surface area contributed by atoms with Crippen LogP contribution in [-0.4, -0.2) is 31.5 Å². The number of rotatable bonds is 7. The van der Waals surface area contributed by atoms with Crippen LogP contribution in [-0.2, 0) is 21.4 Å². The number of carbonyl (C=O) groups excluding carboxylic acids is 1. The van der Waals surface area contributed by atoms with Gasteiger partial charge in [-0.15, -0.1) is 0 Å². The van der Waals surface area contributed by atoms with Crippen molar-refractivity contribution < 1.29 is 18.1 Å². The van der Waals surface area contributed by atoms with Gasteiger partial charge in [0, 0.05) is 23.7 Å². The van der Waals surface area contributed by atoms with Gasteiger partial charge in [0.2, 0.25) is 15.9 Å². The SMILES string of the molecule is C[C@@H](C(=O)NCc1ccc(Cl)cc1)N(c1cccc([N+](=O)[O-])c1)S(C)(=O)=O. The fourth-order valence-electron chi connectivity index (χ4n) is 2.49. The van der Waals surface area contributed by atoms with E-state index in [0.29, 0.717) is 5.02 Å². The Bertz CT molecular complexity index is 947. The third-order valence-electron chi connectivity index (χ3n) is 3.76. The van der Waals surface area contributed by atoms with E-state index in [1.54, 1.807) is 24.3 Å². The van der Waals surface area contributed by atoms with Crippen LogP contribution in [0.1, 0.15) is 12.5 Å². The zero-order valence-corrected chi connectivity index (χ0v) is 16.2. The van der Waals surface area contributed by atoms with E-state index < -0.39 is 26.9 Å². The van der Waals surface area contributed by atoms with Gasteiger partial charge in [0.1, 0.15) is 6.04 Å². The molecule has 8 nitrogen and oxygen atoms in total. The number of amides is 1. The van der Waals surface area contributed by atoms with Crippen LogP contribution >= 0.6 is 11.6 Å². The van der Waals surface area contributed by atoms with Gasteiger partial charge in [-0.2, -0.15) is 0 Å². The number of non-ortho nitro benzene ring substituents is 1. The van der Waals surface area contributed by atoms with Gasteiger partial charge >= 0.3 is 0 Å². The molecular formula is C17H18ClN3O5S. The maximum Gasteiger partial charge on any atom is 0.271 e. The van der Waals surface area contributed by atoms with Gasteiger partial charge in [0.15, 0.2) is 0 Å². The smallest absolute Gasteiger partial charge is 0.271 e. The Morgan fingerprint density at radius 3 is 2.44 bits per heavy atom. The summed E-state index contributed by atoms with van der Waals surface area (Å²) in [5, 5.41) is 14.2. The Hall–Kier alpha value is -2.65. The molecule has 1 N–H and O–H groups in total. The van der Waals surface area contributed by atoms with E-state index in [4.69, 9.17) is 11.6 Å². The summed E-state index contributed by atoms with van der Waals surface area (Å²) < 4.78 is 25.3. The minimum absolute atomic E-state index is 0.0424. The maximum atomic E-state index is 12.5. The first-order valence-electron chi connectivity index (χ1n) is 7.85. The van der Waals surface area contributed by atoms with Crippen LogP contribution in [0.3, 0.4) is 0 Å². The predicted octanol–water partition coefficient (Wildman–Crippen LogP) is 2.72. The fraction of sp³-hybridized carbons (Fsp3) is 0.235. The van der Waals surface area contributed by atoms with Crippen LogP contribution in [0.25, 0.3) is 0 Å². The maximum absolute atomic E-state index is 12.5. The average Bonchev–Trinajstić information content (AvgIpc) is 2.60. The van der Waals surface area contributed by atoms with Crippen LogP contribution in [0.15, 0.2) is 48.5 Å². The van der Waals surface area contributed by atoms with Crippen LogP contribution in [0.4, 0.5) is 11.4 Å². The highest BCUT2D eigenvalue weighted by Gasteiger charge is 2.29. The van der Waals surface area contributed by atoms with Crippen molar-refractivity contribution in [3.63, 3.8) is 0 Å². The van der Waals surface area contributed by atoms with Crippen molar-refractivity contribution >= 4 is 38.9 Å². The highest BCUT2D eigenvalue weighted by atomic mass is 35.5. The Balaban J connectivity index is 2.23. The molecule has 2 rings (SSSR count). The summed E-state index contributed by atoms with van der Waals surface area (Å²) in [6.45, 7) is 1.60. The van der Waals surface area contributed by atoms with Gasteiger partial charge in [0.25, 0.3) is 5.69 Å². The standard InChI is InChI=1S/C17H18ClN3O5S/c1-12(17(22)19-11-13-6-8-14(18)9-7-13)20(27(2,25)26)15-4-3-5-16(10-15)21(23)24/h3-10,12H,11H2,1-2H3,(H,19,22)/t12-/m0/s1. The molecule has 1 amide bonds. The van der Waals surface area contributed by atoms with Crippen LogP contribution in [0, 0.1) is 10.1 Å². The predicted molar refractivity (Wildman–Crippen MR) is 103 cm³/mol. The third-order valence-corrected chi connectivity index (χ3v) is 5.26. The normalized spacial score (nSPS) is 12.3. The summed E-state index contributed by atoms with van der Waals surface area (Å²) >= 11 is 5.81. The topological polar surface area (TPSA) is 110 Å². The van der Waals surface area contributed by atoms with Crippen molar-refractivity contribution in [2.24, 2.45) is 0 Å². The summed E-state index contributed by atoms with van der Waals surface area (Å²) in [4.78, 5) is 22.8. The molecule has 2 aromatic carbocycles. The summed E-state index contributed by atoms with van der Waals surface area (Å²) in [5.41, 5.74) is 0.567. The van der Waals surface area contributed by atoms with Crippen LogP contribution in [0.5, 0.6) is 0 Å². The molecule has 0 aromatic heterocycles. The first kappa shape index (κ1) is 20.7. The molecule has 1 atom stereocenters. The number of anilines is 1. The Kier molecular flexibility index (Phi) is 6.40. The zero-order valence-electron chi connectivity index (χ0n) is 14.6. The number of nitro groups is 1. The number of sulfonamides is 1. The second-order valence-electron chi connectivity index (χ2n) is 5.86. The third kappa shape index (κ3) is 5.41. The van der Waals surface area contributed by atoms with E-state index in [-0.39, 0.29) is 17.9 Å². The van der Waals surface area contributed by atoms with Gasteiger partial charge in [0.05, 0.1) is 16.9 Å². The molecule has 0 radical (unpaired) electrons. The number of carbonyl (C=O) groups is 1. The Morgan fingerprint density at radius 2 is 1.89 bits per heavy atom. The zero-order chi connectivity index (χ0) is 20.2. The Morgan fingerprint density at radius 1 is 1.26 bits per heavy atom. The molecule has 0 aliphatic heterocycles. The fourth-order valence-corrected chi connectivity index (χ4v) is 3.78. The molecule has 2 aromatic rings. The quantitative estimate of drug-likeness (QED) is 0.556. The summed E-state index contributed by atoms with van der Waals surface area (Å²) in [6.07, 6.45) is 0.939. The van der Waals surface area contributed by atoms with Crippen molar-refractivity contribution in [2.75, 3.05) is 10.6 Å². The monoisotopic (exact) mass is 411 g/mol. The molecule has 0 saturated heterocycles. The van der Waals surface area contributed by atoms with Crippen LogP contribution < -0.4 is 9.62 Å².